The van der Waals surface area contributed by atoms with Crippen molar-refractivity contribution in [3.05, 3.63) is 99.9 Å². The molecule has 0 aliphatic carbocycles. The number of allylic oxidation sites excluding steroid dienone is 1. The second-order valence-electron chi connectivity index (χ2n) is 6.72. The van der Waals surface area contributed by atoms with Crippen LogP contribution in [-0.4, -0.2) is 14.7 Å². The van der Waals surface area contributed by atoms with E-state index in [4.69, 9.17) is 0 Å². The number of benzene rings is 3. The highest BCUT2D eigenvalue weighted by Crippen LogP contribution is 2.32. The van der Waals surface area contributed by atoms with Crippen LogP contribution in [0.4, 0.5) is 5.69 Å². The Bertz CT molecular complexity index is 1230. The van der Waals surface area contributed by atoms with Crippen LogP contribution < -0.4 is 5.32 Å². The van der Waals surface area contributed by atoms with Crippen molar-refractivity contribution in [2.45, 2.75) is 22.5 Å². The summed E-state index contributed by atoms with van der Waals surface area (Å²) in [5, 5.41) is 13.4. The van der Waals surface area contributed by atoms with Gasteiger partial charge in [0.15, 0.2) is 4.91 Å². The van der Waals surface area contributed by atoms with Crippen molar-refractivity contribution in [2.24, 2.45) is 0 Å². The molecule has 0 amide bonds. The summed E-state index contributed by atoms with van der Waals surface area (Å²) < 4.78 is 26.5. The first-order chi connectivity index (χ1) is 14.9. The molecule has 0 spiro atoms. The maximum atomic E-state index is 13.2. The number of nitriles is 1. The lowest BCUT2D eigenvalue weighted by molar-refractivity contribution is 0.603. The maximum Gasteiger partial charge on any atom is 0.219 e. The number of anilines is 1. The zero-order valence-electron chi connectivity index (χ0n) is 17.2. The predicted molar refractivity (Wildman–Crippen MR) is 131 cm³/mol. The topological polar surface area (TPSA) is 70.0 Å². The summed E-state index contributed by atoms with van der Waals surface area (Å²) in [6.07, 6.45) is 1.98. The summed E-state index contributed by atoms with van der Waals surface area (Å²) in [6.45, 7) is 2.01. The highest BCUT2D eigenvalue weighted by Gasteiger charge is 2.25. The van der Waals surface area contributed by atoms with Crippen LogP contribution in [0.25, 0.3) is 0 Å². The first-order valence-corrected chi connectivity index (χ1v) is 13.2. The minimum Gasteiger partial charge on any atom is -0.349 e. The summed E-state index contributed by atoms with van der Waals surface area (Å²) in [6, 6.07) is 25.7. The lowest BCUT2D eigenvalue weighted by Crippen LogP contribution is -2.10. The SMILES string of the molecule is CSc1cccc(NC(SCc2cccc(C)c2)=C(C#N)S(=O)(=O)c2ccccc2)c1. The Morgan fingerprint density at radius 1 is 1.00 bits per heavy atom. The van der Waals surface area contributed by atoms with Crippen LogP contribution in [0.2, 0.25) is 0 Å². The van der Waals surface area contributed by atoms with Crippen molar-refractivity contribution in [3.8, 4) is 6.07 Å². The number of thioether (sulfide) groups is 2. The van der Waals surface area contributed by atoms with E-state index in [0.29, 0.717) is 10.8 Å². The molecule has 3 aromatic rings. The molecule has 0 atom stereocenters. The number of rotatable bonds is 8. The normalized spacial score (nSPS) is 12.0. The zero-order valence-corrected chi connectivity index (χ0v) is 19.7. The van der Waals surface area contributed by atoms with E-state index in [1.807, 2.05) is 61.7 Å². The van der Waals surface area contributed by atoms with E-state index >= 15 is 0 Å². The third kappa shape index (κ3) is 5.95. The average Bonchev–Trinajstić information content (AvgIpc) is 2.78. The smallest absolute Gasteiger partial charge is 0.219 e. The molecule has 0 radical (unpaired) electrons. The van der Waals surface area contributed by atoms with Crippen molar-refractivity contribution in [1.82, 2.24) is 0 Å². The van der Waals surface area contributed by atoms with Gasteiger partial charge in [-0.05, 0) is 49.1 Å². The van der Waals surface area contributed by atoms with Crippen molar-refractivity contribution >= 4 is 39.0 Å². The van der Waals surface area contributed by atoms with Crippen LogP contribution in [0.1, 0.15) is 11.1 Å². The molecule has 0 aliphatic rings. The number of nitrogens with zero attached hydrogens (tertiary/aromatic N) is 1. The largest absolute Gasteiger partial charge is 0.349 e. The molecule has 0 aliphatic heterocycles. The Labute approximate surface area is 192 Å². The van der Waals surface area contributed by atoms with E-state index in [9.17, 15) is 13.7 Å². The molecule has 0 bridgehead atoms. The molecule has 3 aromatic carbocycles. The number of hydrogen-bond donors (Lipinski definition) is 1. The summed E-state index contributed by atoms with van der Waals surface area (Å²) in [5.41, 5.74) is 2.91. The summed E-state index contributed by atoms with van der Waals surface area (Å²) in [4.78, 5) is 0.850. The van der Waals surface area contributed by atoms with Crippen LogP contribution in [0.15, 0.2) is 98.6 Å². The molecule has 3 rings (SSSR count). The number of hydrogen-bond acceptors (Lipinski definition) is 6. The van der Waals surface area contributed by atoms with Gasteiger partial charge in [0.25, 0.3) is 0 Å². The van der Waals surface area contributed by atoms with Gasteiger partial charge in [-0.1, -0.05) is 54.1 Å². The van der Waals surface area contributed by atoms with Gasteiger partial charge in [-0.15, -0.1) is 23.5 Å². The first-order valence-electron chi connectivity index (χ1n) is 9.48. The van der Waals surface area contributed by atoms with Gasteiger partial charge in [0.05, 0.1) is 4.90 Å². The van der Waals surface area contributed by atoms with Gasteiger partial charge < -0.3 is 5.32 Å². The van der Waals surface area contributed by atoms with E-state index in [1.54, 1.807) is 30.0 Å². The minimum absolute atomic E-state index is 0.0971. The van der Waals surface area contributed by atoms with Gasteiger partial charge in [-0.2, -0.15) is 5.26 Å². The molecule has 0 saturated heterocycles. The molecule has 7 heteroatoms. The highest BCUT2D eigenvalue weighted by atomic mass is 32.2. The second kappa shape index (κ2) is 10.6. The molecule has 0 fully saturated rings. The van der Waals surface area contributed by atoms with Crippen molar-refractivity contribution in [1.29, 1.82) is 5.26 Å². The lowest BCUT2D eigenvalue weighted by atomic mass is 10.2. The van der Waals surface area contributed by atoms with E-state index in [-0.39, 0.29) is 9.80 Å². The zero-order chi connectivity index (χ0) is 22.3. The fourth-order valence-corrected chi connectivity index (χ4v) is 5.89. The monoisotopic (exact) mass is 466 g/mol. The number of sulfone groups is 1. The fraction of sp³-hybridized carbons (Fsp3) is 0.125. The Morgan fingerprint density at radius 2 is 1.74 bits per heavy atom. The fourth-order valence-electron chi connectivity index (χ4n) is 2.90. The van der Waals surface area contributed by atoms with E-state index in [2.05, 4.69) is 11.4 Å². The van der Waals surface area contributed by atoms with Gasteiger partial charge in [-0.25, -0.2) is 8.42 Å². The third-order valence-corrected chi connectivity index (χ3v) is 8.08. The van der Waals surface area contributed by atoms with E-state index in [0.717, 1.165) is 21.7 Å². The molecule has 0 unspecified atom stereocenters. The van der Waals surface area contributed by atoms with E-state index < -0.39 is 9.84 Å². The van der Waals surface area contributed by atoms with Crippen LogP contribution in [0.5, 0.6) is 0 Å². The average molecular weight is 467 g/mol. The van der Waals surface area contributed by atoms with Gasteiger partial charge in [0.2, 0.25) is 9.84 Å². The molecule has 31 heavy (non-hydrogen) atoms. The van der Waals surface area contributed by atoms with Gasteiger partial charge in [0.1, 0.15) is 11.1 Å². The summed E-state index contributed by atoms with van der Waals surface area (Å²) >= 11 is 2.90. The van der Waals surface area contributed by atoms with Crippen molar-refractivity contribution in [3.63, 3.8) is 0 Å². The molecular weight excluding hydrogens is 444 g/mol. The number of nitrogens with one attached hydrogen (secondary N) is 1. The quantitative estimate of drug-likeness (QED) is 0.313. The van der Waals surface area contributed by atoms with Crippen LogP contribution in [-0.2, 0) is 15.6 Å². The van der Waals surface area contributed by atoms with Gasteiger partial charge in [-0.3, -0.25) is 0 Å². The minimum atomic E-state index is -3.97. The molecule has 1 N–H and O–H groups in total. The van der Waals surface area contributed by atoms with E-state index in [1.165, 1.54) is 23.9 Å². The van der Waals surface area contributed by atoms with Crippen molar-refractivity contribution < 1.29 is 8.42 Å². The standard InChI is InChI=1S/C24H22N2O2S3/c1-18-8-6-9-19(14-18)17-30-24(26-20-10-7-11-21(15-20)29-2)23(16-25)31(27,28)22-12-4-3-5-13-22/h3-15,26H,17H2,1-2H3. The maximum absolute atomic E-state index is 13.2. The molecule has 0 aromatic heterocycles. The third-order valence-electron chi connectivity index (χ3n) is 4.42. The molecule has 0 heterocycles. The Balaban J connectivity index is 2.04. The van der Waals surface area contributed by atoms with Crippen LogP contribution in [0, 0.1) is 18.3 Å². The Hall–Kier alpha value is -2.66. The molecular formula is C24H22N2O2S3. The first kappa shape index (κ1) is 23.0. The molecule has 4 nitrogen and oxygen atoms in total. The van der Waals surface area contributed by atoms with Crippen LogP contribution in [0.3, 0.4) is 0 Å². The molecule has 158 valence electrons. The Kier molecular flexibility index (Phi) is 7.85. The van der Waals surface area contributed by atoms with Crippen LogP contribution >= 0.6 is 23.5 Å². The number of aryl methyl sites for hydroxylation is 1. The second-order valence-corrected chi connectivity index (χ2v) is 10.5. The summed E-state index contributed by atoms with van der Waals surface area (Å²) in [7, 11) is -3.97. The molecule has 0 saturated carbocycles. The van der Waals surface area contributed by atoms with Gasteiger partial charge >= 0.3 is 0 Å². The predicted octanol–water partition coefficient (Wildman–Crippen LogP) is 6.23. The summed E-state index contributed by atoms with van der Waals surface area (Å²) in [5.74, 6) is 0.529. The van der Waals surface area contributed by atoms with Crippen molar-refractivity contribution in [2.75, 3.05) is 11.6 Å². The van der Waals surface area contributed by atoms with Gasteiger partial charge in [0, 0.05) is 16.3 Å². The Morgan fingerprint density at radius 3 is 2.42 bits per heavy atom. The highest BCUT2D eigenvalue weighted by molar-refractivity contribution is 8.04. The lowest BCUT2D eigenvalue weighted by Gasteiger charge is -2.15.